The van der Waals surface area contributed by atoms with Gasteiger partial charge in [-0.2, -0.15) is 0 Å². The van der Waals surface area contributed by atoms with Crippen LogP contribution in [0, 0.1) is 5.41 Å². The predicted octanol–water partition coefficient (Wildman–Crippen LogP) is 4.83. The molecule has 0 saturated carbocycles. The van der Waals surface area contributed by atoms with Crippen molar-refractivity contribution in [2.24, 2.45) is 11.1 Å². The first kappa shape index (κ1) is 18.8. The van der Waals surface area contributed by atoms with Crippen LogP contribution in [0.5, 0.6) is 0 Å². The summed E-state index contributed by atoms with van der Waals surface area (Å²) in [5, 5.41) is 2.05. The van der Waals surface area contributed by atoms with Crippen LogP contribution in [-0.2, 0) is 0 Å². The number of carbonyl (C=O) groups is 1. The van der Waals surface area contributed by atoms with Gasteiger partial charge in [0.2, 0.25) is 0 Å². The van der Waals surface area contributed by atoms with Crippen molar-refractivity contribution < 1.29 is 4.79 Å². The molecule has 1 aromatic carbocycles. The molecular formula is C16H19Cl3N2OS. The normalized spacial score (nSPS) is 20.4. The number of nitrogens with zero attached hydrogens (tertiary/aromatic N) is 1. The SMILES string of the molecule is CC1(C)CN(C(=O)c2sc3cc(Cl)ccc3c2Cl)CCC1N.Cl. The summed E-state index contributed by atoms with van der Waals surface area (Å²) in [7, 11) is 0. The van der Waals surface area contributed by atoms with Crippen LogP contribution in [0.1, 0.15) is 29.9 Å². The highest BCUT2D eigenvalue weighted by atomic mass is 35.5. The number of piperidine rings is 1. The van der Waals surface area contributed by atoms with Crippen LogP contribution in [0.3, 0.4) is 0 Å². The molecule has 3 rings (SSSR count). The van der Waals surface area contributed by atoms with Gasteiger partial charge in [0.05, 0.1) is 5.02 Å². The van der Waals surface area contributed by atoms with Gasteiger partial charge in [-0.1, -0.05) is 43.1 Å². The first-order valence-corrected chi connectivity index (χ1v) is 8.79. The summed E-state index contributed by atoms with van der Waals surface area (Å²) < 4.78 is 0.939. The standard InChI is InChI=1S/C16H18Cl2N2OS.ClH/c1-16(2)8-20(6-5-12(16)19)15(21)14-13(18)10-4-3-9(17)7-11(10)22-14;/h3-4,7,12H,5-6,8,19H2,1-2H3;1H. The van der Waals surface area contributed by atoms with Gasteiger partial charge in [-0.15, -0.1) is 23.7 Å². The highest BCUT2D eigenvalue weighted by molar-refractivity contribution is 7.21. The monoisotopic (exact) mass is 392 g/mol. The van der Waals surface area contributed by atoms with Gasteiger partial charge in [-0.3, -0.25) is 4.79 Å². The van der Waals surface area contributed by atoms with E-state index >= 15 is 0 Å². The maximum Gasteiger partial charge on any atom is 0.265 e. The fraction of sp³-hybridized carbons (Fsp3) is 0.438. The van der Waals surface area contributed by atoms with Crippen LogP contribution in [0.25, 0.3) is 10.1 Å². The number of rotatable bonds is 1. The molecule has 2 heterocycles. The molecule has 3 nitrogen and oxygen atoms in total. The van der Waals surface area contributed by atoms with Crippen LogP contribution in [0.15, 0.2) is 18.2 Å². The van der Waals surface area contributed by atoms with Crippen molar-refractivity contribution in [1.82, 2.24) is 4.90 Å². The minimum atomic E-state index is -0.0830. The fourth-order valence-corrected chi connectivity index (χ4v) is 4.62. The zero-order valence-electron chi connectivity index (χ0n) is 12.9. The molecule has 1 aliphatic heterocycles. The smallest absolute Gasteiger partial charge is 0.265 e. The predicted molar refractivity (Wildman–Crippen MR) is 101 cm³/mol. The molecular weight excluding hydrogens is 375 g/mol. The first-order valence-electron chi connectivity index (χ1n) is 7.22. The second kappa shape index (κ2) is 6.77. The molecule has 1 aromatic heterocycles. The molecule has 1 aliphatic rings. The van der Waals surface area contributed by atoms with Gasteiger partial charge in [0.15, 0.2) is 0 Å². The summed E-state index contributed by atoms with van der Waals surface area (Å²) in [5.74, 6) is -0.0118. The highest BCUT2D eigenvalue weighted by Crippen LogP contribution is 2.38. The Hall–Kier alpha value is -0.520. The molecule has 0 aliphatic carbocycles. The lowest BCUT2D eigenvalue weighted by Gasteiger charge is -2.42. The summed E-state index contributed by atoms with van der Waals surface area (Å²) >= 11 is 13.8. The maximum atomic E-state index is 12.8. The van der Waals surface area contributed by atoms with Gasteiger partial charge >= 0.3 is 0 Å². The Kier molecular flexibility index (Phi) is 5.54. The zero-order valence-corrected chi connectivity index (χ0v) is 16.1. The molecule has 7 heteroatoms. The topological polar surface area (TPSA) is 46.3 Å². The Bertz CT molecular complexity index is 744. The van der Waals surface area contributed by atoms with Gasteiger partial charge in [0, 0.05) is 34.2 Å². The number of hydrogen-bond donors (Lipinski definition) is 1. The van der Waals surface area contributed by atoms with Crippen molar-refractivity contribution in [3.63, 3.8) is 0 Å². The van der Waals surface area contributed by atoms with Gasteiger partial charge in [0.1, 0.15) is 4.88 Å². The van der Waals surface area contributed by atoms with Gasteiger partial charge in [-0.05, 0) is 24.0 Å². The molecule has 126 valence electrons. The number of halogens is 3. The molecule has 0 radical (unpaired) electrons. The Morgan fingerprint density at radius 3 is 2.74 bits per heavy atom. The van der Waals surface area contributed by atoms with Gasteiger partial charge in [0.25, 0.3) is 5.91 Å². The van der Waals surface area contributed by atoms with E-state index in [2.05, 4.69) is 13.8 Å². The molecule has 23 heavy (non-hydrogen) atoms. The van der Waals surface area contributed by atoms with E-state index in [-0.39, 0.29) is 29.8 Å². The quantitative estimate of drug-likeness (QED) is 0.754. The number of fused-ring (bicyclic) bond motifs is 1. The summed E-state index contributed by atoms with van der Waals surface area (Å²) in [6.07, 6.45) is 0.813. The van der Waals surface area contributed by atoms with E-state index in [9.17, 15) is 4.79 Å². The van der Waals surface area contributed by atoms with E-state index in [0.29, 0.717) is 28.0 Å². The van der Waals surface area contributed by atoms with Crippen molar-refractivity contribution in [3.8, 4) is 0 Å². The van der Waals surface area contributed by atoms with Crippen LogP contribution < -0.4 is 5.73 Å². The lowest BCUT2D eigenvalue weighted by atomic mass is 9.79. The van der Waals surface area contributed by atoms with Crippen LogP contribution >= 0.6 is 46.9 Å². The molecule has 2 N–H and O–H groups in total. The van der Waals surface area contributed by atoms with Crippen molar-refractivity contribution in [1.29, 1.82) is 0 Å². The minimum absolute atomic E-state index is 0. The molecule has 1 saturated heterocycles. The Balaban J connectivity index is 0.00000192. The van der Waals surface area contributed by atoms with Gasteiger partial charge < -0.3 is 10.6 Å². The zero-order chi connectivity index (χ0) is 16.1. The molecule has 1 amide bonds. The lowest BCUT2D eigenvalue weighted by Crippen LogP contribution is -2.53. The second-order valence-electron chi connectivity index (χ2n) is 6.50. The highest BCUT2D eigenvalue weighted by Gasteiger charge is 2.36. The third-order valence-electron chi connectivity index (χ3n) is 4.39. The number of nitrogens with two attached hydrogens (primary N) is 1. The van der Waals surface area contributed by atoms with Crippen molar-refractivity contribution >= 4 is 62.9 Å². The number of hydrogen-bond acceptors (Lipinski definition) is 3. The number of thiophene rings is 1. The second-order valence-corrected chi connectivity index (χ2v) is 8.36. The van der Waals surface area contributed by atoms with Crippen LogP contribution in [0.2, 0.25) is 10.0 Å². The minimum Gasteiger partial charge on any atom is -0.337 e. The Morgan fingerprint density at radius 1 is 1.39 bits per heavy atom. The molecule has 1 atom stereocenters. The summed E-state index contributed by atoms with van der Waals surface area (Å²) in [5.41, 5.74) is 6.06. The molecule has 0 spiro atoms. The van der Waals surface area contributed by atoms with E-state index in [1.54, 1.807) is 6.07 Å². The number of likely N-dealkylation sites (tertiary alicyclic amines) is 1. The van der Waals surface area contributed by atoms with Gasteiger partial charge in [-0.25, -0.2) is 0 Å². The van der Waals surface area contributed by atoms with E-state index < -0.39 is 0 Å². The average Bonchev–Trinajstić information content (AvgIpc) is 2.77. The number of carbonyl (C=O) groups excluding carboxylic acids is 1. The molecule has 0 bridgehead atoms. The van der Waals surface area contributed by atoms with Crippen molar-refractivity contribution in [2.45, 2.75) is 26.3 Å². The maximum absolute atomic E-state index is 12.8. The first-order chi connectivity index (χ1) is 10.3. The summed E-state index contributed by atoms with van der Waals surface area (Å²) in [4.78, 5) is 15.3. The molecule has 1 unspecified atom stereocenters. The Morgan fingerprint density at radius 2 is 2.09 bits per heavy atom. The van der Waals surface area contributed by atoms with E-state index in [4.69, 9.17) is 28.9 Å². The van der Waals surface area contributed by atoms with Crippen molar-refractivity contribution in [2.75, 3.05) is 13.1 Å². The summed E-state index contributed by atoms with van der Waals surface area (Å²) in [6, 6.07) is 5.62. The van der Waals surface area contributed by atoms with Crippen molar-refractivity contribution in [3.05, 3.63) is 33.1 Å². The largest absolute Gasteiger partial charge is 0.337 e. The molecule has 1 fully saturated rings. The van der Waals surface area contributed by atoms with E-state index in [0.717, 1.165) is 16.5 Å². The third kappa shape index (κ3) is 3.47. The summed E-state index contributed by atoms with van der Waals surface area (Å²) in [6.45, 7) is 5.53. The third-order valence-corrected chi connectivity index (χ3v) is 6.27. The molecule has 2 aromatic rings. The Labute approximate surface area is 156 Å². The lowest BCUT2D eigenvalue weighted by molar-refractivity contribution is 0.0538. The number of amides is 1. The fourth-order valence-electron chi connectivity index (χ4n) is 2.87. The van der Waals surface area contributed by atoms with Crippen LogP contribution in [0.4, 0.5) is 0 Å². The number of benzene rings is 1. The average molecular weight is 394 g/mol. The van der Waals surface area contributed by atoms with Crippen LogP contribution in [-0.4, -0.2) is 29.9 Å². The van der Waals surface area contributed by atoms with E-state index in [1.165, 1.54) is 11.3 Å². The van der Waals surface area contributed by atoms with E-state index in [1.807, 2.05) is 17.0 Å².